The van der Waals surface area contributed by atoms with Crippen molar-refractivity contribution in [3.8, 4) is 17.2 Å². The molecule has 0 saturated carbocycles. The van der Waals surface area contributed by atoms with Gasteiger partial charge in [0.15, 0.2) is 17.6 Å². The van der Waals surface area contributed by atoms with Gasteiger partial charge in [0.1, 0.15) is 19.0 Å². The van der Waals surface area contributed by atoms with Crippen molar-refractivity contribution in [1.82, 2.24) is 0 Å². The molecule has 2 aromatic rings. The molecule has 0 unspecified atom stereocenters. The molecule has 1 heterocycles. The molecule has 7 nitrogen and oxygen atoms in total. The second-order valence-electron chi connectivity index (χ2n) is 6.16. The molecule has 1 N–H and O–H groups in total. The Bertz CT molecular complexity index is 908. The topological polar surface area (TPSA) is 83.1 Å². The van der Waals surface area contributed by atoms with Crippen molar-refractivity contribution >= 4 is 23.6 Å². The molecule has 0 spiro atoms. The molecule has 0 saturated heterocycles. The standard InChI is InChI=1S/C21H20FNO6/c1-13(21(25)23-16-6-4-15(22)5-7-16)29-19(24)8-3-14-11-17(26-2)20-18(12-14)27-9-10-28-20/h3-8,11-13H,9-10H2,1-2H3,(H,23,25)/b8-3+/t13-/m0/s1. The smallest absolute Gasteiger partial charge is 0.331 e. The molecule has 1 atom stereocenters. The lowest BCUT2D eigenvalue weighted by Gasteiger charge is -2.20. The molecule has 0 aliphatic carbocycles. The van der Waals surface area contributed by atoms with Crippen LogP contribution in [0.1, 0.15) is 12.5 Å². The maximum absolute atomic E-state index is 12.9. The van der Waals surface area contributed by atoms with E-state index in [0.29, 0.717) is 41.7 Å². The summed E-state index contributed by atoms with van der Waals surface area (Å²) in [5, 5.41) is 2.54. The van der Waals surface area contributed by atoms with Gasteiger partial charge in [0.25, 0.3) is 5.91 Å². The Labute approximate surface area is 167 Å². The average molecular weight is 401 g/mol. The summed E-state index contributed by atoms with van der Waals surface area (Å²) < 4.78 is 34.4. The van der Waals surface area contributed by atoms with Crippen LogP contribution in [0, 0.1) is 5.82 Å². The van der Waals surface area contributed by atoms with Crippen molar-refractivity contribution in [2.45, 2.75) is 13.0 Å². The van der Waals surface area contributed by atoms with E-state index >= 15 is 0 Å². The first-order valence-electron chi connectivity index (χ1n) is 8.89. The second-order valence-corrected chi connectivity index (χ2v) is 6.16. The lowest BCUT2D eigenvalue weighted by molar-refractivity contribution is -0.148. The number of nitrogens with one attached hydrogen (secondary N) is 1. The first-order valence-corrected chi connectivity index (χ1v) is 8.89. The van der Waals surface area contributed by atoms with Crippen LogP contribution in [0.25, 0.3) is 6.08 Å². The molecule has 152 valence electrons. The first-order chi connectivity index (χ1) is 14.0. The third-order valence-corrected chi connectivity index (χ3v) is 4.04. The van der Waals surface area contributed by atoms with E-state index < -0.39 is 23.8 Å². The molecular weight excluding hydrogens is 381 g/mol. The number of carbonyl (C=O) groups is 2. The number of benzene rings is 2. The summed E-state index contributed by atoms with van der Waals surface area (Å²) in [4.78, 5) is 24.1. The van der Waals surface area contributed by atoms with Crippen LogP contribution in [0.4, 0.5) is 10.1 Å². The molecule has 3 rings (SSSR count). The number of esters is 1. The van der Waals surface area contributed by atoms with Crippen molar-refractivity contribution in [1.29, 1.82) is 0 Å². The lowest BCUT2D eigenvalue weighted by Crippen LogP contribution is -2.29. The molecule has 1 aliphatic rings. The van der Waals surface area contributed by atoms with Crippen molar-refractivity contribution < 1.29 is 32.9 Å². The fourth-order valence-electron chi connectivity index (χ4n) is 2.60. The minimum atomic E-state index is -1.04. The molecular formula is C21H20FNO6. The van der Waals surface area contributed by atoms with Crippen molar-refractivity contribution in [2.75, 3.05) is 25.6 Å². The van der Waals surface area contributed by atoms with Crippen molar-refractivity contribution in [3.05, 3.63) is 53.9 Å². The monoisotopic (exact) mass is 401 g/mol. The van der Waals surface area contributed by atoms with Gasteiger partial charge in [-0.3, -0.25) is 4.79 Å². The predicted molar refractivity (Wildman–Crippen MR) is 104 cm³/mol. The quantitative estimate of drug-likeness (QED) is 0.591. The number of fused-ring (bicyclic) bond motifs is 1. The van der Waals surface area contributed by atoms with Crippen LogP contribution in [-0.4, -0.2) is 38.3 Å². The Morgan fingerprint density at radius 2 is 1.90 bits per heavy atom. The SMILES string of the molecule is COc1cc(/C=C/C(=O)O[C@@H](C)C(=O)Nc2ccc(F)cc2)cc2c1OCCO2. The molecule has 0 fully saturated rings. The number of anilines is 1. The number of rotatable bonds is 6. The van der Waals surface area contributed by atoms with Gasteiger partial charge >= 0.3 is 5.97 Å². The highest BCUT2D eigenvalue weighted by Crippen LogP contribution is 2.40. The molecule has 1 aliphatic heterocycles. The molecule has 1 amide bonds. The highest BCUT2D eigenvalue weighted by Gasteiger charge is 2.19. The van der Waals surface area contributed by atoms with E-state index in [1.54, 1.807) is 12.1 Å². The number of ether oxygens (including phenoxy) is 4. The summed E-state index contributed by atoms with van der Waals surface area (Å²) in [5.74, 6) is -0.106. The number of halogens is 1. The third kappa shape index (κ3) is 5.25. The lowest BCUT2D eigenvalue weighted by atomic mass is 10.1. The first kappa shape index (κ1) is 20.2. The molecule has 29 heavy (non-hydrogen) atoms. The van der Waals surface area contributed by atoms with Crippen LogP contribution in [-0.2, 0) is 14.3 Å². The van der Waals surface area contributed by atoms with E-state index in [1.165, 1.54) is 50.5 Å². The Morgan fingerprint density at radius 3 is 2.62 bits per heavy atom. The average Bonchev–Trinajstić information content (AvgIpc) is 2.73. The van der Waals surface area contributed by atoms with Gasteiger partial charge in [-0.25, -0.2) is 9.18 Å². The van der Waals surface area contributed by atoms with Gasteiger partial charge in [-0.1, -0.05) is 0 Å². The van der Waals surface area contributed by atoms with Gasteiger partial charge in [-0.15, -0.1) is 0 Å². The van der Waals surface area contributed by atoms with Gasteiger partial charge in [0, 0.05) is 11.8 Å². The molecule has 0 aromatic heterocycles. The highest BCUT2D eigenvalue weighted by atomic mass is 19.1. The Morgan fingerprint density at radius 1 is 1.17 bits per heavy atom. The number of hydrogen-bond acceptors (Lipinski definition) is 6. The fourth-order valence-corrected chi connectivity index (χ4v) is 2.60. The van der Waals surface area contributed by atoms with Gasteiger partial charge in [-0.2, -0.15) is 0 Å². The Hall–Kier alpha value is -3.55. The van der Waals surface area contributed by atoms with Crippen LogP contribution >= 0.6 is 0 Å². The summed E-state index contributed by atoms with van der Waals surface area (Å²) >= 11 is 0. The van der Waals surface area contributed by atoms with Gasteiger partial charge in [0.05, 0.1) is 7.11 Å². The normalized spacial score (nSPS) is 13.6. The van der Waals surface area contributed by atoms with Crippen molar-refractivity contribution in [3.63, 3.8) is 0 Å². The van der Waals surface area contributed by atoms with Gasteiger partial charge < -0.3 is 24.3 Å². The van der Waals surface area contributed by atoms with Crippen molar-refractivity contribution in [2.24, 2.45) is 0 Å². The third-order valence-electron chi connectivity index (χ3n) is 4.04. The number of methoxy groups -OCH3 is 1. The second kappa shape index (κ2) is 9.09. The largest absolute Gasteiger partial charge is 0.493 e. The maximum Gasteiger partial charge on any atom is 0.331 e. The van der Waals surface area contributed by atoms with E-state index in [4.69, 9.17) is 18.9 Å². The summed E-state index contributed by atoms with van der Waals surface area (Å²) in [6.07, 6.45) is 1.69. The summed E-state index contributed by atoms with van der Waals surface area (Å²) in [7, 11) is 1.51. The van der Waals surface area contributed by atoms with E-state index in [-0.39, 0.29) is 0 Å². The van der Waals surface area contributed by atoms with Gasteiger partial charge in [-0.05, 0) is 55.0 Å². The molecule has 8 heteroatoms. The minimum absolute atomic E-state index is 0.401. The summed E-state index contributed by atoms with van der Waals surface area (Å²) in [6, 6.07) is 8.68. The Kier molecular flexibility index (Phi) is 6.33. The molecule has 0 radical (unpaired) electrons. The molecule has 2 aromatic carbocycles. The summed E-state index contributed by atoms with van der Waals surface area (Å²) in [6.45, 7) is 2.30. The number of carbonyl (C=O) groups excluding carboxylic acids is 2. The van der Waals surface area contributed by atoms with Crippen LogP contribution < -0.4 is 19.5 Å². The predicted octanol–water partition coefficient (Wildman–Crippen LogP) is 3.19. The van der Waals surface area contributed by atoms with Crippen LogP contribution in [0.5, 0.6) is 17.2 Å². The minimum Gasteiger partial charge on any atom is -0.493 e. The van der Waals surface area contributed by atoms with Crippen LogP contribution in [0.3, 0.4) is 0 Å². The zero-order chi connectivity index (χ0) is 20.8. The number of amides is 1. The fraction of sp³-hybridized carbons (Fsp3) is 0.238. The number of hydrogen-bond donors (Lipinski definition) is 1. The van der Waals surface area contributed by atoms with E-state index in [2.05, 4.69) is 5.32 Å². The van der Waals surface area contributed by atoms with E-state index in [9.17, 15) is 14.0 Å². The van der Waals surface area contributed by atoms with E-state index in [0.717, 1.165) is 0 Å². The van der Waals surface area contributed by atoms with Gasteiger partial charge in [0.2, 0.25) is 5.75 Å². The molecule has 0 bridgehead atoms. The zero-order valence-corrected chi connectivity index (χ0v) is 15.9. The zero-order valence-electron chi connectivity index (χ0n) is 15.9. The maximum atomic E-state index is 12.9. The van der Waals surface area contributed by atoms with Crippen LogP contribution in [0.2, 0.25) is 0 Å². The Balaban J connectivity index is 1.60. The highest BCUT2D eigenvalue weighted by molar-refractivity contribution is 5.96. The summed E-state index contributed by atoms with van der Waals surface area (Å²) in [5.41, 5.74) is 1.05. The van der Waals surface area contributed by atoms with E-state index in [1.807, 2.05) is 0 Å². The van der Waals surface area contributed by atoms with Crippen LogP contribution in [0.15, 0.2) is 42.5 Å².